The average molecular weight is 168 g/mol. The molecule has 0 aromatic rings. The molecule has 0 saturated carbocycles. The lowest BCUT2D eigenvalue weighted by molar-refractivity contribution is -0.121. The summed E-state index contributed by atoms with van der Waals surface area (Å²) in [6, 6.07) is 0. The van der Waals surface area contributed by atoms with Crippen molar-refractivity contribution >= 4 is 5.78 Å². The number of allylic oxidation sites excluding steroid dienone is 4. The molecule has 1 N–H and O–H groups in total. The first kappa shape index (κ1) is 8.84. The van der Waals surface area contributed by atoms with Crippen molar-refractivity contribution in [3.8, 4) is 0 Å². The number of methoxy groups -OCH3 is 1. The molecule has 3 heteroatoms. The third-order valence-corrected chi connectivity index (χ3v) is 2.00. The highest BCUT2D eigenvalue weighted by atomic mass is 16.5. The fraction of sp³-hybridized carbons (Fsp3) is 0.444. The van der Waals surface area contributed by atoms with Gasteiger partial charge in [-0.1, -0.05) is 0 Å². The molecule has 66 valence electrons. The summed E-state index contributed by atoms with van der Waals surface area (Å²) < 4.78 is 5.04. The van der Waals surface area contributed by atoms with Crippen LogP contribution in [0.5, 0.6) is 0 Å². The Labute approximate surface area is 71.3 Å². The number of ether oxygens (including phenoxy) is 1. The molecule has 12 heavy (non-hydrogen) atoms. The maximum atomic E-state index is 11.2. The number of hydrogen-bond acceptors (Lipinski definition) is 3. The zero-order chi connectivity index (χ0) is 9.30. The lowest BCUT2D eigenvalue weighted by Crippen LogP contribution is -2.21. The number of Topliss-reactive ketones (excluding diaryl/α,β-unsaturated/α-hetero) is 1. The maximum absolute atomic E-state index is 11.2. The van der Waals surface area contributed by atoms with E-state index in [0.29, 0.717) is 5.76 Å². The molecule has 0 bridgehead atoms. The Hall–Kier alpha value is -1.25. The molecule has 0 aliphatic heterocycles. The van der Waals surface area contributed by atoms with Gasteiger partial charge in [0.2, 0.25) is 5.78 Å². The van der Waals surface area contributed by atoms with Gasteiger partial charge in [-0.25, -0.2) is 0 Å². The van der Waals surface area contributed by atoms with Crippen molar-refractivity contribution in [2.75, 3.05) is 7.11 Å². The second-order valence-corrected chi connectivity index (χ2v) is 2.87. The fourth-order valence-corrected chi connectivity index (χ4v) is 1.37. The fourth-order valence-electron chi connectivity index (χ4n) is 1.37. The van der Waals surface area contributed by atoms with Crippen LogP contribution in [0.4, 0.5) is 0 Å². The minimum absolute atomic E-state index is 0.180. The molecule has 1 aliphatic carbocycles. The molecule has 0 aromatic heterocycles. The van der Waals surface area contributed by atoms with Gasteiger partial charge >= 0.3 is 0 Å². The Morgan fingerprint density at radius 1 is 1.58 bits per heavy atom. The summed E-state index contributed by atoms with van der Waals surface area (Å²) in [5.41, 5.74) is 0.808. The number of ketones is 1. The zero-order valence-electron chi connectivity index (χ0n) is 7.42. The Bertz CT molecular complexity index is 273. The predicted octanol–water partition coefficient (Wildman–Crippen LogP) is 1.57. The van der Waals surface area contributed by atoms with Gasteiger partial charge in [-0.15, -0.1) is 0 Å². The largest absolute Gasteiger partial charge is 0.504 e. The van der Waals surface area contributed by atoms with Crippen LogP contribution in [0.3, 0.4) is 0 Å². The van der Waals surface area contributed by atoms with Crippen LogP contribution in [-0.4, -0.2) is 18.0 Å². The highest BCUT2D eigenvalue weighted by molar-refractivity contribution is 5.98. The Kier molecular flexibility index (Phi) is 2.22. The van der Waals surface area contributed by atoms with E-state index >= 15 is 0 Å². The van der Waals surface area contributed by atoms with E-state index in [4.69, 9.17) is 9.84 Å². The van der Waals surface area contributed by atoms with Gasteiger partial charge in [0.25, 0.3) is 0 Å². The van der Waals surface area contributed by atoms with Gasteiger partial charge in [-0.3, -0.25) is 4.79 Å². The first-order chi connectivity index (χ1) is 5.57. The maximum Gasteiger partial charge on any atom is 0.207 e. The van der Waals surface area contributed by atoms with Crippen LogP contribution in [0, 0.1) is 5.92 Å². The number of hydrogen-bond donors (Lipinski definition) is 1. The van der Waals surface area contributed by atoms with E-state index in [-0.39, 0.29) is 17.5 Å². The third kappa shape index (κ3) is 1.22. The van der Waals surface area contributed by atoms with Crippen LogP contribution >= 0.6 is 0 Å². The SMILES string of the molecule is COC1=C(C)C=C(O)C(=O)C1C. The Balaban J connectivity index is 3.10. The quantitative estimate of drug-likeness (QED) is 0.646. The molecule has 0 aromatic carbocycles. The van der Waals surface area contributed by atoms with E-state index in [1.165, 1.54) is 13.2 Å². The molecular formula is C9H12O3. The standard InChI is InChI=1S/C9H12O3/c1-5-4-7(10)8(11)6(2)9(5)12-3/h4,6,10H,1-3H3. The van der Waals surface area contributed by atoms with Crippen LogP contribution in [0.25, 0.3) is 0 Å². The third-order valence-electron chi connectivity index (χ3n) is 2.00. The molecular weight excluding hydrogens is 156 g/mol. The lowest BCUT2D eigenvalue weighted by atomic mass is 9.93. The van der Waals surface area contributed by atoms with E-state index < -0.39 is 0 Å². The van der Waals surface area contributed by atoms with E-state index in [1.54, 1.807) is 13.8 Å². The van der Waals surface area contributed by atoms with Gasteiger partial charge < -0.3 is 9.84 Å². The number of rotatable bonds is 1. The second kappa shape index (κ2) is 3.01. The molecule has 1 aliphatic rings. The van der Waals surface area contributed by atoms with Gasteiger partial charge in [0.05, 0.1) is 13.0 Å². The smallest absolute Gasteiger partial charge is 0.207 e. The van der Waals surface area contributed by atoms with Crippen molar-refractivity contribution in [2.45, 2.75) is 13.8 Å². The van der Waals surface area contributed by atoms with E-state index in [9.17, 15) is 4.79 Å². The summed E-state index contributed by atoms with van der Waals surface area (Å²) in [6.45, 7) is 3.52. The minimum atomic E-state index is -0.361. The van der Waals surface area contributed by atoms with Crippen molar-refractivity contribution in [1.29, 1.82) is 0 Å². The van der Waals surface area contributed by atoms with Crippen molar-refractivity contribution in [3.63, 3.8) is 0 Å². The summed E-state index contributed by atoms with van der Waals surface area (Å²) in [5, 5.41) is 9.15. The van der Waals surface area contributed by atoms with Gasteiger partial charge in [-0.2, -0.15) is 0 Å². The van der Waals surface area contributed by atoms with Crippen molar-refractivity contribution in [3.05, 3.63) is 23.2 Å². The summed E-state index contributed by atoms with van der Waals surface area (Å²) in [4.78, 5) is 11.2. The van der Waals surface area contributed by atoms with E-state index in [1.807, 2.05) is 0 Å². The van der Waals surface area contributed by atoms with E-state index in [0.717, 1.165) is 5.57 Å². The molecule has 0 fully saturated rings. The molecule has 0 amide bonds. The molecule has 0 saturated heterocycles. The highest BCUT2D eigenvalue weighted by Crippen LogP contribution is 2.25. The molecule has 1 atom stereocenters. The van der Waals surface area contributed by atoms with E-state index in [2.05, 4.69) is 0 Å². The summed E-state index contributed by atoms with van der Waals surface area (Å²) in [7, 11) is 1.53. The molecule has 0 spiro atoms. The van der Waals surface area contributed by atoms with Crippen LogP contribution in [-0.2, 0) is 9.53 Å². The van der Waals surface area contributed by atoms with Crippen LogP contribution < -0.4 is 0 Å². The average Bonchev–Trinajstić information content (AvgIpc) is 2.01. The van der Waals surface area contributed by atoms with Crippen LogP contribution in [0.1, 0.15) is 13.8 Å². The summed E-state index contributed by atoms with van der Waals surface area (Å²) in [5.74, 6) is -0.184. The Morgan fingerprint density at radius 3 is 2.67 bits per heavy atom. The second-order valence-electron chi connectivity index (χ2n) is 2.87. The van der Waals surface area contributed by atoms with Crippen LogP contribution in [0.2, 0.25) is 0 Å². The predicted molar refractivity (Wildman–Crippen MR) is 44.6 cm³/mol. The molecule has 1 unspecified atom stereocenters. The molecule has 3 nitrogen and oxygen atoms in total. The monoisotopic (exact) mass is 168 g/mol. The van der Waals surface area contributed by atoms with Crippen molar-refractivity contribution in [2.24, 2.45) is 5.92 Å². The first-order valence-electron chi connectivity index (χ1n) is 3.77. The summed E-state index contributed by atoms with van der Waals surface area (Å²) >= 11 is 0. The van der Waals surface area contributed by atoms with Gasteiger partial charge in [-0.05, 0) is 25.5 Å². The molecule has 1 rings (SSSR count). The summed E-state index contributed by atoms with van der Waals surface area (Å²) in [6.07, 6.45) is 1.43. The van der Waals surface area contributed by atoms with Gasteiger partial charge in [0, 0.05) is 0 Å². The number of carbonyl (C=O) groups excluding carboxylic acids is 1. The van der Waals surface area contributed by atoms with Crippen LogP contribution in [0.15, 0.2) is 23.2 Å². The molecule has 0 radical (unpaired) electrons. The minimum Gasteiger partial charge on any atom is -0.504 e. The highest BCUT2D eigenvalue weighted by Gasteiger charge is 2.27. The number of aliphatic hydroxyl groups excluding tert-OH is 1. The normalized spacial score (nSPS) is 24.1. The van der Waals surface area contributed by atoms with Crippen molar-refractivity contribution in [1.82, 2.24) is 0 Å². The lowest BCUT2D eigenvalue weighted by Gasteiger charge is -2.19. The number of carbonyl (C=O) groups is 1. The first-order valence-corrected chi connectivity index (χ1v) is 3.77. The van der Waals surface area contributed by atoms with Gasteiger partial charge in [0.15, 0.2) is 5.76 Å². The molecule has 0 heterocycles. The topological polar surface area (TPSA) is 46.5 Å². The Morgan fingerprint density at radius 2 is 2.17 bits per heavy atom. The zero-order valence-corrected chi connectivity index (χ0v) is 7.42. The van der Waals surface area contributed by atoms with Gasteiger partial charge in [0.1, 0.15) is 5.76 Å². The number of aliphatic hydroxyl groups is 1. The van der Waals surface area contributed by atoms with Crippen molar-refractivity contribution < 1.29 is 14.6 Å².